The molecule has 0 aromatic carbocycles. The van der Waals surface area contributed by atoms with Crippen LogP contribution >= 0.6 is 0 Å². The van der Waals surface area contributed by atoms with Crippen molar-refractivity contribution in [1.29, 1.82) is 0 Å². The average Bonchev–Trinajstić information content (AvgIpc) is 2.79. The van der Waals surface area contributed by atoms with Crippen molar-refractivity contribution in [3.63, 3.8) is 0 Å². The van der Waals surface area contributed by atoms with Gasteiger partial charge in [0.1, 0.15) is 0 Å². The van der Waals surface area contributed by atoms with Crippen molar-refractivity contribution < 1.29 is 0 Å². The molecular formula is C14H24N6. The molecule has 6 nitrogen and oxygen atoms in total. The lowest BCUT2D eigenvalue weighted by atomic mass is 10.0. The third-order valence-corrected chi connectivity index (χ3v) is 4.54. The molecule has 0 radical (unpaired) electrons. The van der Waals surface area contributed by atoms with Gasteiger partial charge in [0.25, 0.3) is 0 Å². The predicted molar refractivity (Wildman–Crippen MR) is 80.8 cm³/mol. The summed E-state index contributed by atoms with van der Waals surface area (Å²) in [5, 5.41) is 0. The summed E-state index contributed by atoms with van der Waals surface area (Å²) in [6.45, 7) is 8.61. The number of rotatable bonds is 2. The molecule has 20 heavy (non-hydrogen) atoms. The van der Waals surface area contributed by atoms with Crippen LogP contribution in [0.1, 0.15) is 33.1 Å². The number of aromatic nitrogens is 3. The van der Waals surface area contributed by atoms with E-state index in [0.717, 1.165) is 38.1 Å². The van der Waals surface area contributed by atoms with Crippen LogP contribution in [0.25, 0.3) is 0 Å². The molecule has 0 spiro atoms. The first-order chi connectivity index (χ1) is 9.63. The van der Waals surface area contributed by atoms with E-state index in [1.165, 1.54) is 19.3 Å². The van der Waals surface area contributed by atoms with E-state index in [-0.39, 0.29) is 0 Å². The Kier molecular flexibility index (Phi) is 3.63. The van der Waals surface area contributed by atoms with Crippen molar-refractivity contribution >= 4 is 17.8 Å². The predicted octanol–water partition coefficient (Wildman–Crippen LogP) is 1.54. The molecule has 2 unspecified atom stereocenters. The van der Waals surface area contributed by atoms with Crippen LogP contribution in [0.3, 0.4) is 0 Å². The molecule has 3 heterocycles. The smallest absolute Gasteiger partial charge is 0.231 e. The van der Waals surface area contributed by atoms with Gasteiger partial charge in [-0.1, -0.05) is 13.8 Å². The van der Waals surface area contributed by atoms with Gasteiger partial charge in [0.2, 0.25) is 17.8 Å². The van der Waals surface area contributed by atoms with Crippen LogP contribution in [-0.4, -0.2) is 41.1 Å². The number of piperidine rings is 1. The third kappa shape index (κ3) is 2.64. The minimum absolute atomic E-state index is 0.336. The summed E-state index contributed by atoms with van der Waals surface area (Å²) in [5.41, 5.74) is 5.89. The maximum atomic E-state index is 5.89. The summed E-state index contributed by atoms with van der Waals surface area (Å²) < 4.78 is 0. The van der Waals surface area contributed by atoms with Crippen LogP contribution in [0.4, 0.5) is 17.8 Å². The minimum atomic E-state index is 0.336. The Labute approximate surface area is 120 Å². The van der Waals surface area contributed by atoms with Crippen molar-refractivity contribution in [2.75, 3.05) is 41.7 Å². The molecule has 2 N–H and O–H groups in total. The summed E-state index contributed by atoms with van der Waals surface area (Å²) in [6.07, 6.45) is 3.71. The Bertz CT molecular complexity index is 461. The van der Waals surface area contributed by atoms with Crippen LogP contribution in [-0.2, 0) is 0 Å². The second kappa shape index (κ2) is 5.42. The Morgan fingerprint density at radius 3 is 2.00 bits per heavy atom. The van der Waals surface area contributed by atoms with Crippen LogP contribution in [0.15, 0.2) is 0 Å². The summed E-state index contributed by atoms with van der Waals surface area (Å²) in [4.78, 5) is 17.8. The summed E-state index contributed by atoms with van der Waals surface area (Å²) in [7, 11) is 0. The van der Waals surface area contributed by atoms with Crippen molar-refractivity contribution in [2.45, 2.75) is 33.1 Å². The van der Waals surface area contributed by atoms with E-state index in [1.807, 2.05) is 0 Å². The summed E-state index contributed by atoms with van der Waals surface area (Å²) in [5.74, 6) is 3.18. The molecule has 0 aliphatic carbocycles. The highest BCUT2D eigenvalue weighted by Gasteiger charge is 2.28. The van der Waals surface area contributed by atoms with E-state index >= 15 is 0 Å². The SMILES string of the molecule is CC1CN(c2nc(N)nc(N3CCCCC3)n2)CC1C. The second-order valence-electron chi connectivity index (χ2n) is 6.20. The van der Waals surface area contributed by atoms with E-state index in [4.69, 9.17) is 5.73 Å². The van der Waals surface area contributed by atoms with Crippen molar-refractivity contribution in [2.24, 2.45) is 11.8 Å². The molecule has 2 aliphatic heterocycles. The zero-order chi connectivity index (χ0) is 14.1. The van der Waals surface area contributed by atoms with E-state index in [2.05, 4.69) is 38.6 Å². The van der Waals surface area contributed by atoms with Gasteiger partial charge < -0.3 is 15.5 Å². The first-order valence-corrected chi connectivity index (χ1v) is 7.65. The molecule has 2 aliphatic rings. The number of nitrogen functional groups attached to an aromatic ring is 1. The fraction of sp³-hybridized carbons (Fsp3) is 0.786. The van der Waals surface area contributed by atoms with Gasteiger partial charge in [-0.3, -0.25) is 0 Å². The van der Waals surface area contributed by atoms with Crippen molar-refractivity contribution in [3.05, 3.63) is 0 Å². The number of nitrogens with two attached hydrogens (primary N) is 1. The highest BCUT2D eigenvalue weighted by atomic mass is 15.4. The summed E-state index contributed by atoms with van der Waals surface area (Å²) in [6, 6.07) is 0. The summed E-state index contributed by atoms with van der Waals surface area (Å²) >= 11 is 0. The van der Waals surface area contributed by atoms with Crippen LogP contribution < -0.4 is 15.5 Å². The maximum absolute atomic E-state index is 5.89. The standard InChI is InChI=1S/C14H24N6/c1-10-8-20(9-11(10)2)14-17-12(15)16-13(18-14)19-6-4-3-5-7-19/h10-11H,3-9H2,1-2H3,(H2,15,16,17,18). The number of hydrogen-bond acceptors (Lipinski definition) is 6. The minimum Gasteiger partial charge on any atom is -0.368 e. The largest absolute Gasteiger partial charge is 0.368 e. The lowest BCUT2D eigenvalue weighted by molar-refractivity contribution is 0.494. The zero-order valence-corrected chi connectivity index (χ0v) is 12.4. The van der Waals surface area contributed by atoms with Crippen molar-refractivity contribution in [1.82, 2.24) is 15.0 Å². The van der Waals surface area contributed by atoms with E-state index in [9.17, 15) is 0 Å². The van der Waals surface area contributed by atoms with Gasteiger partial charge in [0, 0.05) is 26.2 Å². The molecule has 0 bridgehead atoms. The van der Waals surface area contributed by atoms with Gasteiger partial charge >= 0.3 is 0 Å². The van der Waals surface area contributed by atoms with Gasteiger partial charge in [0.05, 0.1) is 0 Å². The number of nitrogens with zero attached hydrogens (tertiary/aromatic N) is 5. The maximum Gasteiger partial charge on any atom is 0.231 e. The number of anilines is 3. The lowest BCUT2D eigenvalue weighted by Gasteiger charge is -2.27. The van der Waals surface area contributed by atoms with Crippen LogP contribution in [0.5, 0.6) is 0 Å². The Morgan fingerprint density at radius 1 is 0.850 bits per heavy atom. The molecular weight excluding hydrogens is 252 g/mol. The molecule has 3 rings (SSSR count). The molecule has 2 saturated heterocycles. The van der Waals surface area contributed by atoms with E-state index in [1.54, 1.807) is 0 Å². The average molecular weight is 276 g/mol. The fourth-order valence-corrected chi connectivity index (χ4v) is 3.04. The Morgan fingerprint density at radius 2 is 1.40 bits per heavy atom. The van der Waals surface area contributed by atoms with Gasteiger partial charge in [0.15, 0.2) is 0 Å². The second-order valence-corrected chi connectivity index (χ2v) is 6.20. The molecule has 110 valence electrons. The van der Waals surface area contributed by atoms with Gasteiger partial charge in [-0.2, -0.15) is 15.0 Å². The fourth-order valence-electron chi connectivity index (χ4n) is 3.04. The first-order valence-electron chi connectivity index (χ1n) is 7.65. The molecule has 0 amide bonds. The number of hydrogen-bond donors (Lipinski definition) is 1. The first kappa shape index (κ1) is 13.4. The highest BCUT2D eigenvalue weighted by molar-refractivity contribution is 5.44. The topological polar surface area (TPSA) is 71.2 Å². The van der Waals surface area contributed by atoms with Gasteiger partial charge in [-0.15, -0.1) is 0 Å². The van der Waals surface area contributed by atoms with Gasteiger partial charge in [-0.25, -0.2) is 0 Å². The molecule has 2 fully saturated rings. The van der Waals surface area contributed by atoms with E-state index < -0.39 is 0 Å². The van der Waals surface area contributed by atoms with Crippen LogP contribution in [0, 0.1) is 11.8 Å². The van der Waals surface area contributed by atoms with Crippen molar-refractivity contribution in [3.8, 4) is 0 Å². The third-order valence-electron chi connectivity index (χ3n) is 4.54. The Balaban J connectivity index is 1.83. The Hall–Kier alpha value is -1.59. The van der Waals surface area contributed by atoms with Gasteiger partial charge in [-0.05, 0) is 31.1 Å². The highest BCUT2D eigenvalue weighted by Crippen LogP contribution is 2.27. The zero-order valence-electron chi connectivity index (χ0n) is 12.4. The van der Waals surface area contributed by atoms with E-state index in [0.29, 0.717) is 17.8 Å². The lowest BCUT2D eigenvalue weighted by Crippen LogP contribution is -2.32. The molecule has 2 atom stereocenters. The molecule has 6 heteroatoms. The molecule has 1 aromatic rings. The molecule has 1 aromatic heterocycles. The monoisotopic (exact) mass is 276 g/mol. The normalized spacial score (nSPS) is 27.1. The molecule has 0 saturated carbocycles. The van der Waals surface area contributed by atoms with Crippen LogP contribution in [0.2, 0.25) is 0 Å². The quantitative estimate of drug-likeness (QED) is 0.883.